The molecule has 20 heavy (non-hydrogen) atoms. The summed E-state index contributed by atoms with van der Waals surface area (Å²) in [6, 6.07) is 0.666. The van der Waals surface area contributed by atoms with Crippen LogP contribution in [0.3, 0.4) is 0 Å². The highest BCUT2D eigenvalue weighted by atomic mass is 16.5. The van der Waals surface area contributed by atoms with Crippen LogP contribution in [-0.4, -0.2) is 23.8 Å². The molecule has 2 heteroatoms. The Balaban J connectivity index is 1.74. The average Bonchev–Trinajstić information content (AvgIpc) is 2.85. The predicted molar refractivity (Wildman–Crippen MR) is 83.8 cm³/mol. The van der Waals surface area contributed by atoms with E-state index in [1.807, 2.05) is 0 Å². The smallest absolute Gasteiger partial charge is 0.0677 e. The van der Waals surface area contributed by atoms with Crippen molar-refractivity contribution in [2.24, 2.45) is 23.7 Å². The van der Waals surface area contributed by atoms with Crippen LogP contribution in [0.4, 0.5) is 0 Å². The summed E-state index contributed by atoms with van der Waals surface area (Å²) in [6.07, 6.45) is 6.89. The molecule has 116 valence electrons. The third-order valence-electron chi connectivity index (χ3n) is 6.00. The Morgan fingerprint density at radius 3 is 2.25 bits per heavy atom. The second-order valence-electron chi connectivity index (χ2n) is 8.74. The molecule has 4 atom stereocenters. The highest BCUT2D eigenvalue weighted by molar-refractivity contribution is 5.06. The normalized spacial score (nSPS) is 42.5. The van der Waals surface area contributed by atoms with Crippen molar-refractivity contribution in [1.82, 2.24) is 5.32 Å². The zero-order valence-corrected chi connectivity index (χ0v) is 14.0. The van der Waals surface area contributed by atoms with Gasteiger partial charge in [-0.3, -0.25) is 0 Å². The van der Waals surface area contributed by atoms with E-state index >= 15 is 0 Å². The number of hydrogen-bond acceptors (Lipinski definition) is 2. The van der Waals surface area contributed by atoms with Crippen molar-refractivity contribution < 1.29 is 4.74 Å². The Bertz CT molecular complexity index is 352. The third-order valence-corrected chi connectivity index (χ3v) is 6.00. The summed E-state index contributed by atoms with van der Waals surface area (Å²) in [5.74, 6) is 3.70. The van der Waals surface area contributed by atoms with Gasteiger partial charge in [0.2, 0.25) is 0 Å². The fraction of sp³-hybridized carbons (Fsp3) is 1.00. The highest BCUT2D eigenvalue weighted by Gasteiger charge is 2.54. The molecular weight excluding hydrogens is 246 g/mol. The van der Waals surface area contributed by atoms with Gasteiger partial charge in [0.1, 0.15) is 0 Å². The highest BCUT2D eigenvalue weighted by Crippen LogP contribution is 2.57. The maximum Gasteiger partial charge on any atom is 0.0677 e. The van der Waals surface area contributed by atoms with E-state index in [0.717, 1.165) is 24.3 Å². The Hall–Kier alpha value is -0.0800. The molecule has 0 spiro atoms. The average molecular weight is 279 g/mol. The van der Waals surface area contributed by atoms with E-state index in [9.17, 15) is 0 Å². The molecule has 0 aromatic rings. The Morgan fingerprint density at radius 1 is 1.10 bits per heavy atom. The maximum atomic E-state index is 6.37. The fourth-order valence-corrected chi connectivity index (χ4v) is 5.17. The second kappa shape index (κ2) is 4.98. The van der Waals surface area contributed by atoms with Crippen LogP contribution in [0.15, 0.2) is 0 Å². The van der Waals surface area contributed by atoms with Crippen LogP contribution in [0.25, 0.3) is 0 Å². The molecule has 0 amide bonds. The predicted octanol–water partition coefficient (Wildman–Crippen LogP) is 3.99. The van der Waals surface area contributed by atoms with Gasteiger partial charge in [-0.15, -0.1) is 0 Å². The number of nitrogens with one attached hydrogen (secondary N) is 1. The van der Waals surface area contributed by atoms with Gasteiger partial charge in [-0.1, -0.05) is 6.92 Å². The molecule has 3 fully saturated rings. The lowest BCUT2D eigenvalue weighted by atomic mass is 9.75. The zero-order chi connectivity index (χ0) is 14.5. The molecule has 0 aromatic carbocycles. The zero-order valence-electron chi connectivity index (χ0n) is 14.0. The summed E-state index contributed by atoms with van der Waals surface area (Å²) in [5.41, 5.74) is 0.0591. The standard InChI is InChI=1S/C18H33NO/c1-6-7-19-16(14-9-12-8-13(12)10-14)15-11-17(2,3)20-18(15,4)5/h12-16,19H,6-11H2,1-5H3. The van der Waals surface area contributed by atoms with Gasteiger partial charge in [-0.25, -0.2) is 0 Å². The first kappa shape index (κ1) is 14.8. The lowest BCUT2D eigenvalue weighted by molar-refractivity contribution is -0.0797. The molecule has 2 saturated carbocycles. The molecule has 0 radical (unpaired) electrons. The molecule has 1 saturated heterocycles. The van der Waals surface area contributed by atoms with E-state index in [4.69, 9.17) is 4.74 Å². The molecule has 3 aliphatic rings. The Labute approximate surface area is 125 Å². The summed E-state index contributed by atoms with van der Waals surface area (Å²) in [5, 5.41) is 3.91. The van der Waals surface area contributed by atoms with Crippen molar-refractivity contribution >= 4 is 0 Å². The van der Waals surface area contributed by atoms with E-state index in [2.05, 4.69) is 39.9 Å². The summed E-state index contributed by atoms with van der Waals surface area (Å²) in [6.45, 7) is 12.6. The molecule has 3 rings (SSSR count). The van der Waals surface area contributed by atoms with Crippen LogP contribution in [0.1, 0.15) is 66.7 Å². The summed E-state index contributed by atoms with van der Waals surface area (Å²) < 4.78 is 6.37. The molecule has 1 heterocycles. The monoisotopic (exact) mass is 279 g/mol. The SMILES string of the molecule is CCCNC(C1CC2CC2C1)C1CC(C)(C)OC1(C)C. The minimum absolute atomic E-state index is 0.0156. The minimum atomic E-state index is 0.0156. The lowest BCUT2D eigenvalue weighted by Crippen LogP contribution is -2.48. The van der Waals surface area contributed by atoms with Crippen molar-refractivity contribution in [3.8, 4) is 0 Å². The van der Waals surface area contributed by atoms with E-state index in [-0.39, 0.29) is 11.2 Å². The van der Waals surface area contributed by atoms with E-state index < -0.39 is 0 Å². The molecule has 2 nitrogen and oxygen atoms in total. The van der Waals surface area contributed by atoms with Crippen LogP contribution in [-0.2, 0) is 4.74 Å². The lowest BCUT2D eigenvalue weighted by Gasteiger charge is -2.37. The third kappa shape index (κ3) is 2.78. The molecule has 1 aliphatic heterocycles. The van der Waals surface area contributed by atoms with E-state index in [0.29, 0.717) is 12.0 Å². The molecule has 1 N–H and O–H groups in total. The quantitative estimate of drug-likeness (QED) is 0.821. The largest absolute Gasteiger partial charge is 0.369 e. The van der Waals surface area contributed by atoms with Gasteiger partial charge in [0, 0.05) is 12.0 Å². The van der Waals surface area contributed by atoms with Gasteiger partial charge in [-0.05, 0) is 84.1 Å². The molecule has 2 aliphatic carbocycles. The van der Waals surface area contributed by atoms with Gasteiger partial charge in [0.05, 0.1) is 11.2 Å². The summed E-state index contributed by atoms with van der Waals surface area (Å²) in [7, 11) is 0. The van der Waals surface area contributed by atoms with Gasteiger partial charge in [0.15, 0.2) is 0 Å². The number of hydrogen-bond donors (Lipinski definition) is 1. The number of rotatable bonds is 5. The number of fused-ring (bicyclic) bond motifs is 1. The van der Waals surface area contributed by atoms with Crippen molar-refractivity contribution in [1.29, 1.82) is 0 Å². The summed E-state index contributed by atoms with van der Waals surface area (Å²) in [4.78, 5) is 0. The van der Waals surface area contributed by atoms with Crippen LogP contribution < -0.4 is 5.32 Å². The maximum absolute atomic E-state index is 6.37. The minimum Gasteiger partial charge on any atom is -0.369 e. The summed E-state index contributed by atoms with van der Waals surface area (Å²) >= 11 is 0. The Kier molecular flexibility index (Phi) is 3.70. The first-order chi connectivity index (χ1) is 9.32. The van der Waals surface area contributed by atoms with Crippen molar-refractivity contribution in [3.05, 3.63) is 0 Å². The first-order valence-corrected chi connectivity index (χ1v) is 8.76. The van der Waals surface area contributed by atoms with Crippen molar-refractivity contribution in [2.45, 2.75) is 84.0 Å². The van der Waals surface area contributed by atoms with Crippen LogP contribution in [0.5, 0.6) is 0 Å². The molecule has 0 bridgehead atoms. The van der Waals surface area contributed by atoms with Gasteiger partial charge >= 0.3 is 0 Å². The molecule has 4 unspecified atom stereocenters. The first-order valence-electron chi connectivity index (χ1n) is 8.76. The molecular formula is C18H33NO. The van der Waals surface area contributed by atoms with E-state index in [1.54, 1.807) is 0 Å². The van der Waals surface area contributed by atoms with Crippen LogP contribution in [0.2, 0.25) is 0 Å². The van der Waals surface area contributed by atoms with Crippen LogP contribution >= 0.6 is 0 Å². The van der Waals surface area contributed by atoms with Crippen LogP contribution in [0, 0.1) is 23.7 Å². The van der Waals surface area contributed by atoms with Crippen molar-refractivity contribution in [2.75, 3.05) is 6.54 Å². The fourth-order valence-electron chi connectivity index (χ4n) is 5.17. The topological polar surface area (TPSA) is 21.3 Å². The molecule has 0 aromatic heterocycles. The van der Waals surface area contributed by atoms with Crippen molar-refractivity contribution in [3.63, 3.8) is 0 Å². The van der Waals surface area contributed by atoms with Gasteiger partial charge in [-0.2, -0.15) is 0 Å². The number of ether oxygens (including phenoxy) is 1. The Morgan fingerprint density at radius 2 is 1.75 bits per heavy atom. The van der Waals surface area contributed by atoms with E-state index in [1.165, 1.54) is 32.1 Å². The van der Waals surface area contributed by atoms with Gasteiger partial charge < -0.3 is 10.1 Å². The second-order valence-corrected chi connectivity index (χ2v) is 8.74. The van der Waals surface area contributed by atoms with Gasteiger partial charge in [0.25, 0.3) is 0 Å².